The van der Waals surface area contributed by atoms with Crippen LogP contribution in [-0.2, 0) is 11.3 Å². The Bertz CT molecular complexity index is 1260. The van der Waals surface area contributed by atoms with Crippen molar-refractivity contribution in [2.24, 2.45) is 0 Å². The molecule has 3 aromatic carbocycles. The van der Waals surface area contributed by atoms with Gasteiger partial charge in [-0.05, 0) is 47.0 Å². The standard InChI is InChI=1S/C25H25N5O2/c26-25(28-31)19-8-9-24-23(15-19)27-17-30(24)21-6-3-5-18(14-21)22-7-2-1-4-20(22)16-29-10-12-32-13-11-29/h1-9,14-15,17,31H,10-13,16H2,(H2,26,28). The Morgan fingerprint density at radius 1 is 1.03 bits per heavy atom. The van der Waals surface area contributed by atoms with Crippen molar-refractivity contribution in [3.05, 3.63) is 84.2 Å². The van der Waals surface area contributed by atoms with Crippen LogP contribution in [0.1, 0.15) is 11.1 Å². The highest BCUT2D eigenvalue weighted by molar-refractivity contribution is 5.98. The molecule has 162 valence electrons. The SMILES string of the molecule is N=C(NO)c1ccc2c(c1)ncn2-c1cccc(-c2ccccc2CN2CCOCC2)c1. The second-order valence-corrected chi connectivity index (χ2v) is 7.90. The van der Waals surface area contributed by atoms with E-state index in [2.05, 4.69) is 58.4 Å². The Labute approximate surface area is 186 Å². The molecule has 1 aliphatic heterocycles. The second-order valence-electron chi connectivity index (χ2n) is 7.90. The molecule has 0 aliphatic carbocycles. The topological polar surface area (TPSA) is 86.4 Å². The summed E-state index contributed by atoms with van der Waals surface area (Å²) in [6.07, 6.45) is 1.79. The van der Waals surface area contributed by atoms with Crippen molar-refractivity contribution in [3.8, 4) is 16.8 Å². The van der Waals surface area contributed by atoms with E-state index in [0.29, 0.717) is 5.56 Å². The third-order valence-corrected chi connectivity index (χ3v) is 5.90. The molecule has 1 saturated heterocycles. The highest BCUT2D eigenvalue weighted by Crippen LogP contribution is 2.28. The molecule has 0 spiro atoms. The summed E-state index contributed by atoms with van der Waals surface area (Å²) in [5.41, 5.74) is 8.89. The second kappa shape index (κ2) is 8.92. The average molecular weight is 428 g/mol. The summed E-state index contributed by atoms with van der Waals surface area (Å²) >= 11 is 0. The first kappa shape index (κ1) is 20.4. The molecule has 1 fully saturated rings. The molecule has 7 nitrogen and oxygen atoms in total. The Balaban J connectivity index is 1.49. The molecular formula is C25H25N5O2. The van der Waals surface area contributed by atoms with Gasteiger partial charge in [-0.2, -0.15) is 0 Å². The number of aromatic nitrogens is 2. The van der Waals surface area contributed by atoms with E-state index in [1.54, 1.807) is 18.5 Å². The summed E-state index contributed by atoms with van der Waals surface area (Å²) in [6, 6.07) is 22.6. The van der Waals surface area contributed by atoms with E-state index in [4.69, 9.17) is 15.4 Å². The average Bonchev–Trinajstić information content (AvgIpc) is 3.28. The van der Waals surface area contributed by atoms with Crippen molar-refractivity contribution in [1.82, 2.24) is 19.9 Å². The monoisotopic (exact) mass is 427 g/mol. The van der Waals surface area contributed by atoms with E-state index < -0.39 is 0 Å². The summed E-state index contributed by atoms with van der Waals surface area (Å²) in [6.45, 7) is 4.41. The lowest BCUT2D eigenvalue weighted by molar-refractivity contribution is 0.0342. The minimum absolute atomic E-state index is 0.0553. The summed E-state index contributed by atoms with van der Waals surface area (Å²) in [4.78, 5) is 6.94. The quantitative estimate of drug-likeness (QED) is 0.256. The van der Waals surface area contributed by atoms with Crippen molar-refractivity contribution < 1.29 is 9.94 Å². The Kier molecular flexibility index (Phi) is 5.68. The van der Waals surface area contributed by atoms with Crippen molar-refractivity contribution in [2.45, 2.75) is 6.54 Å². The minimum Gasteiger partial charge on any atom is -0.379 e. The largest absolute Gasteiger partial charge is 0.379 e. The van der Waals surface area contributed by atoms with Crippen molar-refractivity contribution in [3.63, 3.8) is 0 Å². The molecular weight excluding hydrogens is 402 g/mol. The first-order valence-electron chi connectivity index (χ1n) is 10.7. The number of fused-ring (bicyclic) bond motifs is 1. The van der Waals surface area contributed by atoms with E-state index in [1.807, 2.05) is 16.1 Å². The van der Waals surface area contributed by atoms with Crippen LogP contribution in [0.15, 0.2) is 73.1 Å². The van der Waals surface area contributed by atoms with Gasteiger partial charge in [0.1, 0.15) is 12.2 Å². The van der Waals surface area contributed by atoms with Gasteiger partial charge in [-0.15, -0.1) is 0 Å². The third kappa shape index (κ3) is 4.01. The molecule has 1 aliphatic rings. The summed E-state index contributed by atoms with van der Waals surface area (Å²) < 4.78 is 7.54. The zero-order chi connectivity index (χ0) is 21.9. The van der Waals surface area contributed by atoms with Gasteiger partial charge < -0.3 is 4.74 Å². The van der Waals surface area contributed by atoms with Gasteiger partial charge in [0.05, 0.1) is 24.2 Å². The number of ether oxygens (including phenoxy) is 1. The van der Waals surface area contributed by atoms with Crippen molar-refractivity contribution in [2.75, 3.05) is 26.3 Å². The van der Waals surface area contributed by atoms with Gasteiger partial charge in [0.25, 0.3) is 0 Å². The third-order valence-electron chi connectivity index (χ3n) is 5.90. The summed E-state index contributed by atoms with van der Waals surface area (Å²) in [7, 11) is 0. The number of amidine groups is 1. The Hall–Kier alpha value is -3.52. The molecule has 4 aromatic rings. The van der Waals surface area contributed by atoms with Crippen LogP contribution in [-0.4, -0.2) is 51.8 Å². The van der Waals surface area contributed by atoms with E-state index in [-0.39, 0.29) is 5.84 Å². The number of imidazole rings is 1. The maximum Gasteiger partial charge on any atom is 0.149 e. The molecule has 0 bridgehead atoms. The number of hydrogen-bond donors (Lipinski definition) is 3. The summed E-state index contributed by atoms with van der Waals surface area (Å²) in [5, 5.41) is 16.8. The zero-order valence-corrected chi connectivity index (χ0v) is 17.7. The molecule has 2 heterocycles. The van der Waals surface area contributed by atoms with Crippen molar-refractivity contribution in [1.29, 1.82) is 5.41 Å². The first-order chi connectivity index (χ1) is 15.7. The Morgan fingerprint density at radius 3 is 2.72 bits per heavy atom. The molecule has 0 amide bonds. The van der Waals surface area contributed by atoms with Crippen molar-refractivity contribution >= 4 is 16.9 Å². The zero-order valence-electron chi connectivity index (χ0n) is 17.7. The molecule has 3 N–H and O–H groups in total. The Morgan fingerprint density at radius 2 is 1.88 bits per heavy atom. The number of nitrogens with zero attached hydrogens (tertiary/aromatic N) is 3. The number of rotatable bonds is 5. The molecule has 1 aromatic heterocycles. The fraction of sp³-hybridized carbons (Fsp3) is 0.200. The van der Waals surface area contributed by atoms with Gasteiger partial charge >= 0.3 is 0 Å². The number of morpholine rings is 1. The predicted molar refractivity (Wildman–Crippen MR) is 124 cm³/mol. The molecule has 0 atom stereocenters. The van der Waals surface area contributed by atoms with Gasteiger partial charge in [-0.1, -0.05) is 36.4 Å². The fourth-order valence-corrected chi connectivity index (χ4v) is 4.20. The maximum absolute atomic E-state index is 9.00. The van der Waals surface area contributed by atoms with Crippen LogP contribution in [0.25, 0.3) is 27.8 Å². The molecule has 0 radical (unpaired) electrons. The van der Waals surface area contributed by atoms with Crippen LogP contribution in [0.3, 0.4) is 0 Å². The van der Waals surface area contributed by atoms with E-state index >= 15 is 0 Å². The molecule has 0 saturated carbocycles. The number of benzene rings is 3. The van der Waals surface area contributed by atoms with Gasteiger partial charge in [0.15, 0.2) is 0 Å². The minimum atomic E-state index is -0.0553. The summed E-state index contributed by atoms with van der Waals surface area (Å²) in [5.74, 6) is -0.0553. The number of hydroxylamine groups is 1. The molecule has 32 heavy (non-hydrogen) atoms. The van der Waals surface area contributed by atoms with E-state index in [0.717, 1.165) is 55.1 Å². The number of nitrogens with one attached hydrogen (secondary N) is 2. The van der Waals surface area contributed by atoms with E-state index in [1.165, 1.54) is 11.1 Å². The van der Waals surface area contributed by atoms with Crippen LogP contribution < -0.4 is 5.48 Å². The number of hydrogen-bond acceptors (Lipinski definition) is 5. The highest BCUT2D eigenvalue weighted by atomic mass is 16.5. The lowest BCUT2D eigenvalue weighted by Crippen LogP contribution is -2.35. The normalized spacial score (nSPS) is 14.5. The van der Waals surface area contributed by atoms with Crippen LogP contribution in [0, 0.1) is 5.41 Å². The van der Waals surface area contributed by atoms with Crippen LogP contribution in [0.4, 0.5) is 0 Å². The van der Waals surface area contributed by atoms with Crippen LogP contribution in [0.2, 0.25) is 0 Å². The van der Waals surface area contributed by atoms with Gasteiger partial charge in [0, 0.05) is 30.9 Å². The highest BCUT2D eigenvalue weighted by Gasteiger charge is 2.14. The first-order valence-corrected chi connectivity index (χ1v) is 10.7. The molecule has 7 heteroatoms. The predicted octanol–water partition coefficient (Wildman–Crippen LogP) is 3.83. The van der Waals surface area contributed by atoms with Gasteiger partial charge in [0.2, 0.25) is 0 Å². The van der Waals surface area contributed by atoms with Gasteiger partial charge in [-0.3, -0.25) is 25.6 Å². The lowest BCUT2D eigenvalue weighted by Gasteiger charge is -2.27. The van der Waals surface area contributed by atoms with Crippen LogP contribution in [0.5, 0.6) is 0 Å². The fourth-order valence-electron chi connectivity index (χ4n) is 4.20. The van der Waals surface area contributed by atoms with Gasteiger partial charge in [-0.25, -0.2) is 4.98 Å². The van der Waals surface area contributed by atoms with Crippen LogP contribution >= 0.6 is 0 Å². The lowest BCUT2D eigenvalue weighted by atomic mass is 9.98. The molecule has 5 rings (SSSR count). The molecule has 0 unspecified atom stereocenters. The smallest absolute Gasteiger partial charge is 0.149 e. The maximum atomic E-state index is 9.00. The van der Waals surface area contributed by atoms with E-state index in [9.17, 15) is 0 Å².